The van der Waals surface area contributed by atoms with Gasteiger partial charge in [0, 0.05) is 24.8 Å². The molecular weight excluding hydrogens is 378 g/mol. The molecule has 1 aliphatic rings. The first-order valence-corrected chi connectivity index (χ1v) is 11.0. The van der Waals surface area contributed by atoms with Crippen LogP contribution in [0.1, 0.15) is 72.3 Å². The van der Waals surface area contributed by atoms with Gasteiger partial charge in [0.25, 0.3) is 0 Å². The van der Waals surface area contributed by atoms with Crippen LogP contribution in [0.5, 0.6) is 0 Å². The monoisotopic (exact) mass is 417 g/mol. The van der Waals surface area contributed by atoms with E-state index in [-0.39, 0.29) is 17.0 Å². The van der Waals surface area contributed by atoms with Crippen LogP contribution in [0.25, 0.3) is 0 Å². The number of carbonyl (C=O) groups excluding carboxylic acids is 1. The van der Waals surface area contributed by atoms with Crippen LogP contribution in [-0.4, -0.2) is 58.8 Å². The van der Waals surface area contributed by atoms with E-state index in [1.54, 1.807) is 0 Å². The van der Waals surface area contributed by atoms with Gasteiger partial charge in [-0.15, -0.1) is 0 Å². The van der Waals surface area contributed by atoms with Gasteiger partial charge < -0.3 is 20.9 Å². The number of rotatable bonds is 8. The van der Waals surface area contributed by atoms with Gasteiger partial charge >= 0.3 is 6.03 Å². The summed E-state index contributed by atoms with van der Waals surface area (Å²) in [5, 5.41) is 16.9. The first-order chi connectivity index (χ1) is 14.1. The van der Waals surface area contributed by atoms with Crippen molar-refractivity contribution >= 4 is 23.9 Å². The van der Waals surface area contributed by atoms with Crippen LogP contribution in [0.2, 0.25) is 0 Å². The second-order valence-electron chi connectivity index (χ2n) is 10.0. The van der Waals surface area contributed by atoms with Crippen molar-refractivity contribution in [3.8, 4) is 0 Å². The quantitative estimate of drug-likeness (QED) is 0.477. The van der Waals surface area contributed by atoms with Crippen molar-refractivity contribution in [2.24, 2.45) is 5.41 Å². The molecule has 0 radical (unpaired) electrons. The molecule has 8 nitrogen and oxygen atoms in total. The Kier molecular flexibility index (Phi) is 8.58. The molecule has 8 heteroatoms. The SMILES string of the molecule is CC(C)(C)CC(C)(C)NC(=O)Nc1ncnc(NCCN2CCCCCC2)c1C=N. The third-order valence-electron chi connectivity index (χ3n) is 5.10. The zero-order valence-electron chi connectivity index (χ0n) is 19.3. The van der Waals surface area contributed by atoms with E-state index in [1.165, 1.54) is 38.2 Å². The van der Waals surface area contributed by atoms with Gasteiger partial charge in [-0.2, -0.15) is 0 Å². The molecule has 1 fully saturated rings. The van der Waals surface area contributed by atoms with Gasteiger partial charge in [-0.1, -0.05) is 33.6 Å². The average Bonchev–Trinajstić information content (AvgIpc) is 2.88. The highest BCUT2D eigenvalue weighted by Crippen LogP contribution is 2.27. The van der Waals surface area contributed by atoms with Crippen molar-refractivity contribution in [3.63, 3.8) is 0 Å². The minimum atomic E-state index is -0.367. The Morgan fingerprint density at radius 2 is 1.73 bits per heavy atom. The van der Waals surface area contributed by atoms with Crippen molar-refractivity contribution in [1.29, 1.82) is 5.41 Å². The number of hydrogen-bond donors (Lipinski definition) is 4. The van der Waals surface area contributed by atoms with Crippen LogP contribution >= 0.6 is 0 Å². The summed E-state index contributed by atoms with van der Waals surface area (Å²) < 4.78 is 0. The molecule has 0 spiro atoms. The maximum atomic E-state index is 12.6. The fraction of sp³-hybridized carbons (Fsp3) is 0.727. The zero-order chi connectivity index (χ0) is 22.2. The van der Waals surface area contributed by atoms with Crippen LogP contribution in [0.3, 0.4) is 0 Å². The lowest BCUT2D eigenvalue weighted by Gasteiger charge is -2.33. The lowest BCUT2D eigenvalue weighted by atomic mass is 9.82. The standard InChI is InChI=1S/C22H39N7O/c1-21(2,3)15-22(4,5)28-20(30)27-19-17(14-23)18(25-16-26-19)24-10-13-29-11-8-6-7-9-12-29/h14,16,23H,6-13,15H2,1-5H3,(H3,24,25,26,27,28,30). The highest BCUT2D eigenvalue weighted by Gasteiger charge is 2.27. The Hall–Kier alpha value is -2.22. The van der Waals surface area contributed by atoms with Gasteiger partial charge in [0.05, 0.1) is 5.56 Å². The van der Waals surface area contributed by atoms with Crippen molar-refractivity contribution in [3.05, 3.63) is 11.9 Å². The predicted molar refractivity (Wildman–Crippen MR) is 124 cm³/mol. The summed E-state index contributed by atoms with van der Waals surface area (Å²) in [6.45, 7) is 14.4. The Labute approximate surface area is 181 Å². The minimum absolute atomic E-state index is 0.0935. The topological polar surface area (TPSA) is 106 Å². The van der Waals surface area contributed by atoms with Crippen molar-refractivity contribution < 1.29 is 4.79 Å². The average molecular weight is 418 g/mol. The largest absolute Gasteiger partial charge is 0.368 e. The highest BCUT2D eigenvalue weighted by atomic mass is 16.2. The smallest absolute Gasteiger partial charge is 0.320 e. The minimum Gasteiger partial charge on any atom is -0.368 e. The Balaban J connectivity index is 1.96. The molecule has 1 saturated heterocycles. The fourth-order valence-electron chi connectivity index (χ4n) is 4.28. The van der Waals surface area contributed by atoms with E-state index in [0.29, 0.717) is 17.2 Å². The molecule has 2 rings (SSSR count). The number of aromatic nitrogens is 2. The number of hydrogen-bond acceptors (Lipinski definition) is 6. The molecule has 2 heterocycles. The third-order valence-corrected chi connectivity index (χ3v) is 5.10. The van der Waals surface area contributed by atoms with Crippen LogP contribution < -0.4 is 16.0 Å². The number of amides is 2. The molecule has 1 aromatic rings. The van der Waals surface area contributed by atoms with Crippen molar-refractivity contribution in [2.45, 2.75) is 72.3 Å². The van der Waals surface area contributed by atoms with Crippen LogP contribution in [-0.2, 0) is 0 Å². The van der Waals surface area contributed by atoms with Crippen LogP contribution in [0.4, 0.5) is 16.4 Å². The molecule has 0 atom stereocenters. The van der Waals surface area contributed by atoms with Crippen LogP contribution in [0.15, 0.2) is 6.33 Å². The van der Waals surface area contributed by atoms with E-state index in [1.807, 2.05) is 13.8 Å². The number of urea groups is 1. The lowest BCUT2D eigenvalue weighted by Crippen LogP contribution is -2.47. The maximum Gasteiger partial charge on any atom is 0.320 e. The van der Waals surface area contributed by atoms with E-state index < -0.39 is 0 Å². The first-order valence-electron chi connectivity index (χ1n) is 11.0. The molecule has 0 aromatic carbocycles. The van der Waals surface area contributed by atoms with Crippen LogP contribution in [0, 0.1) is 10.8 Å². The highest BCUT2D eigenvalue weighted by molar-refractivity contribution is 5.97. The summed E-state index contributed by atoms with van der Waals surface area (Å²) in [5.74, 6) is 0.903. The number of nitrogens with one attached hydrogen (secondary N) is 4. The zero-order valence-corrected chi connectivity index (χ0v) is 19.3. The first kappa shape index (κ1) is 24.1. The van der Waals surface area contributed by atoms with Gasteiger partial charge in [-0.3, -0.25) is 5.32 Å². The van der Waals surface area contributed by atoms with E-state index in [9.17, 15) is 4.79 Å². The summed E-state index contributed by atoms with van der Waals surface area (Å²) in [4.78, 5) is 23.5. The second kappa shape index (κ2) is 10.7. The van der Waals surface area contributed by atoms with E-state index in [4.69, 9.17) is 5.41 Å². The number of likely N-dealkylation sites (tertiary alicyclic amines) is 1. The number of carbonyl (C=O) groups is 1. The molecule has 0 saturated carbocycles. The summed E-state index contributed by atoms with van der Waals surface area (Å²) in [6, 6.07) is -0.332. The molecule has 30 heavy (non-hydrogen) atoms. The predicted octanol–water partition coefficient (Wildman–Crippen LogP) is 4.10. The van der Waals surface area contributed by atoms with Gasteiger partial charge in [0.1, 0.15) is 18.0 Å². The van der Waals surface area contributed by atoms with E-state index in [0.717, 1.165) is 32.6 Å². The summed E-state index contributed by atoms with van der Waals surface area (Å²) in [6.07, 6.45) is 8.58. The molecule has 0 unspecified atom stereocenters. The molecular formula is C22H39N7O. The summed E-state index contributed by atoms with van der Waals surface area (Å²) in [5.41, 5.74) is 0.210. The molecule has 168 valence electrons. The summed E-state index contributed by atoms with van der Waals surface area (Å²) in [7, 11) is 0. The van der Waals surface area contributed by atoms with E-state index >= 15 is 0 Å². The third kappa shape index (κ3) is 8.26. The molecule has 4 N–H and O–H groups in total. The number of anilines is 2. The Bertz CT molecular complexity index is 704. The fourth-order valence-corrected chi connectivity index (χ4v) is 4.28. The van der Waals surface area contributed by atoms with E-state index in [2.05, 4.69) is 51.6 Å². The van der Waals surface area contributed by atoms with Gasteiger partial charge in [-0.05, 0) is 51.6 Å². The Morgan fingerprint density at radius 1 is 1.10 bits per heavy atom. The maximum absolute atomic E-state index is 12.6. The lowest BCUT2D eigenvalue weighted by molar-refractivity contribution is 0.220. The Morgan fingerprint density at radius 3 is 2.33 bits per heavy atom. The number of nitrogens with zero attached hydrogens (tertiary/aromatic N) is 3. The molecule has 0 bridgehead atoms. The molecule has 0 aliphatic carbocycles. The summed E-state index contributed by atoms with van der Waals surface area (Å²) >= 11 is 0. The van der Waals surface area contributed by atoms with Crippen molar-refractivity contribution in [1.82, 2.24) is 20.2 Å². The molecule has 1 aromatic heterocycles. The van der Waals surface area contributed by atoms with Gasteiger partial charge in [0.2, 0.25) is 0 Å². The molecule has 1 aliphatic heterocycles. The second-order valence-corrected chi connectivity index (χ2v) is 10.0. The van der Waals surface area contributed by atoms with Gasteiger partial charge in [-0.25, -0.2) is 14.8 Å². The van der Waals surface area contributed by atoms with Gasteiger partial charge in [0.15, 0.2) is 0 Å². The van der Waals surface area contributed by atoms with Crippen molar-refractivity contribution in [2.75, 3.05) is 36.8 Å². The normalized spacial score (nSPS) is 15.9. The molecule has 2 amide bonds.